The van der Waals surface area contributed by atoms with E-state index >= 15 is 0 Å². The maximum absolute atomic E-state index is 10.9. The summed E-state index contributed by atoms with van der Waals surface area (Å²) < 4.78 is 5.77. The molecular weight excluding hydrogens is 246 g/mol. The van der Waals surface area contributed by atoms with Crippen LogP contribution in [0.3, 0.4) is 0 Å². The zero-order valence-corrected chi connectivity index (χ0v) is 10.8. The molecule has 5 heteroatoms. The number of aliphatic hydroxyl groups excluding tert-OH is 1. The fourth-order valence-electron chi connectivity index (χ4n) is 2.50. The fraction of sp³-hybridized carbons (Fsp3) is 0.571. The first kappa shape index (κ1) is 14.0. The van der Waals surface area contributed by atoms with Gasteiger partial charge in [-0.15, -0.1) is 0 Å². The summed E-state index contributed by atoms with van der Waals surface area (Å²) >= 11 is 0. The van der Waals surface area contributed by atoms with Crippen LogP contribution >= 0.6 is 0 Å². The fourth-order valence-corrected chi connectivity index (χ4v) is 2.50. The van der Waals surface area contributed by atoms with Gasteiger partial charge in [-0.3, -0.25) is 10.1 Å². The topological polar surface area (TPSA) is 72.6 Å². The van der Waals surface area contributed by atoms with Gasteiger partial charge in [0.2, 0.25) is 0 Å². The summed E-state index contributed by atoms with van der Waals surface area (Å²) in [5.41, 5.74) is 0.739. The summed E-state index contributed by atoms with van der Waals surface area (Å²) in [4.78, 5) is 10.5. The van der Waals surface area contributed by atoms with Crippen LogP contribution in [0.4, 0.5) is 5.69 Å². The van der Waals surface area contributed by atoms with Crippen LogP contribution in [0.1, 0.15) is 31.2 Å². The molecule has 1 fully saturated rings. The Labute approximate surface area is 112 Å². The van der Waals surface area contributed by atoms with Gasteiger partial charge in [-0.25, -0.2) is 0 Å². The van der Waals surface area contributed by atoms with Crippen LogP contribution in [0.25, 0.3) is 0 Å². The van der Waals surface area contributed by atoms with Gasteiger partial charge in [0.1, 0.15) is 0 Å². The molecule has 5 nitrogen and oxygen atoms in total. The monoisotopic (exact) mass is 265 g/mol. The predicted octanol–water partition coefficient (Wildman–Crippen LogP) is 2.66. The van der Waals surface area contributed by atoms with Gasteiger partial charge in [0.15, 0.2) is 0 Å². The van der Waals surface area contributed by atoms with E-state index in [-0.39, 0.29) is 29.9 Å². The highest BCUT2D eigenvalue weighted by Crippen LogP contribution is 2.27. The number of rotatable bonds is 5. The number of nitro benzene ring substituents is 1. The van der Waals surface area contributed by atoms with Crippen LogP contribution in [-0.4, -0.2) is 22.7 Å². The van der Waals surface area contributed by atoms with Gasteiger partial charge in [-0.05, 0) is 37.7 Å². The Morgan fingerprint density at radius 2 is 1.95 bits per heavy atom. The molecule has 1 aliphatic carbocycles. The molecule has 2 rings (SSSR count). The van der Waals surface area contributed by atoms with Gasteiger partial charge in [-0.1, -0.05) is 12.1 Å². The van der Waals surface area contributed by atoms with Gasteiger partial charge in [0, 0.05) is 12.7 Å². The van der Waals surface area contributed by atoms with Crippen LogP contribution < -0.4 is 0 Å². The maximum atomic E-state index is 10.9. The van der Waals surface area contributed by atoms with Crippen LogP contribution in [0.5, 0.6) is 0 Å². The third-order valence-electron chi connectivity index (χ3n) is 3.71. The van der Waals surface area contributed by atoms with Crippen LogP contribution in [-0.2, 0) is 11.3 Å². The molecule has 1 saturated carbocycles. The van der Waals surface area contributed by atoms with E-state index in [9.17, 15) is 10.1 Å². The Bertz CT molecular complexity index is 427. The second-order valence-electron chi connectivity index (χ2n) is 5.02. The van der Waals surface area contributed by atoms with E-state index in [2.05, 4.69) is 0 Å². The minimum atomic E-state index is -0.374. The van der Waals surface area contributed by atoms with E-state index in [1.54, 1.807) is 18.2 Å². The number of ether oxygens (including phenoxy) is 1. The lowest BCUT2D eigenvalue weighted by molar-refractivity contribution is -0.386. The zero-order valence-electron chi connectivity index (χ0n) is 10.8. The van der Waals surface area contributed by atoms with E-state index in [1.807, 2.05) is 0 Å². The van der Waals surface area contributed by atoms with Crippen LogP contribution in [0.15, 0.2) is 24.3 Å². The molecule has 1 N–H and O–H groups in total. The largest absolute Gasteiger partial charge is 0.396 e. The maximum Gasteiger partial charge on any atom is 0.274 e. The molecule has 1 aliphatic rings. The molecule has 0 bridgehead atoms. The minimum absolute atomic E-state index is 0.117. The molecule has 1 aromatic rings. The number of nitrogens with zero attached hydrogens (tertiary/aromatic N) is 1. The summed E-state index contributed by atoms with van der Waals surface area (Å²) in [6.07, 6.45) is 3.94. The van der Waals surface area contributed by atoms with Crippen molar-refractivity contribution in [3.63, 3.8) is 0 Å². The Balaban J connectivity index is 1.88. The minimum Gasteiger partial charge on any atom is -0.396 e. The highest BCUT2D eigenvalue weighted by atomic mass is 16.6. The first-order chi connectivity index (χ1) is 9.20. The Morgan fingerprint density at radius 1 is 1.26 bits per heavy atom. The van der Waals surface area contributed by atoms with Crippen molar-refractivity contribution in [2.24, 2.45) is 5.92 Å². The summed E-state index contributed by atoms with van der Waals surface area (Å²) in [6.45, 7) is 0.530. The number of benzene rings is 1. The molecule has 0 saturated heterocycles. The standard InChI is InChI=1S/C14H19NO4/c16-9-11-5-7-13(8-6-11)19-10-12-3-1-2-4-14(12)15(17)18/h1-4,11,13,16H,5-10H2. The van der Waals surface area contributed by atoms with Crippen molar-refractivity contribution < 1.29 is 14.8 Å². The van der Waals surface area contributed by atoms with Gasteiger partial charge in [0.25, 0.3) is 5.69 Å². The van der Waals surface area contributed by atoms with Gasteiger partial charge in [0.05, 0.1) is 23.2 Å². The van der Waals surface area contributed by atoms with Crippen molar-refractivity contribution in [1.29, 1.82) is 0 Å². The molecule has 0 aliphatic heterocycles. The number of hydrogen-bond donors (Lipinski definition) is 1. The second-order valence-corrected chi connectivity index (χ2v) is 5.02. The SMILES string of the molecule is O=[N+]([O-])c1ccccc1COC1CCC(CO)CC1. The van der Waals surface area contributed by atoms with Crippen molar-refractivity contribution in [2.75, 3.05) is 6.61 Å². The molecule has 0 amide bonds. The van der Waals surface area contributed by atoms with Crippen LogP contribution in [0.2, 0.25) is 0 Å². The van der Waals surface area contributed by atoms with E-state index in [1.165, 1.54) is 6.07 Å². The highest BCUT2D eigenvalue weighted by molar-refractivity contribution is 5.39. The van der Waals surface area contributed by atoms with Crippen molar-refractivity contribution >= 4 is 5.69 Å². The summed E-state index contributed by atoms with van der Waals surface area (Å²) in [6, 6.07) is 6.68. The molecule has 0 aromatic heterocycles. The Morgan fingerprint density at radius 3 is 2.58 bits per heavy atom. The molecule has 0 heterocycles. The van der Waals surface area contributed by atoms with E-state index < -0.39 is 0 Å². The highest BCUT2D eigenvalue weighted by Gasteiger charge is 2.22. The first-order valence-electron chi connectivity index (χ1n) is 6.65. The van der Waals surface area contributed by atoms with Crippen molar-refractivity contribution in [3.8, 4) is 0 Å². The van der Waals surface area contributed by atoms with Crippen molar-refractivity contribution in [1.82, 2.24) is 0 Å². The van der Waals surface area contributed by atoms with Crippen molar-refractivity contribution in [3.05, 3.63) is 39.9 Å². The molecule has 1 aromatic carbocycles. The average Bonchev–Trinajstić information content (AvgIpc) is 2.46. The molecular formula is C14H19NO4. The van der Waals surface area contributed by atoms with E-state index in [4.69, 9.17) is 9.84 Å². The summed E-state index contributed by atoms with van der Waals surface area (Å²) in [5, 5.41) is 19.9. The normalized spacial score (nSPS) is 23.2. The lowest BCUT2D eigenvalue weighted by atomic mass is 9.88. The predicted molar refractivity (Wildman–Crippen MR) is 70.7 cm³/mol. The van der Waals surface area contributed by atoms with E-state index in [0.29, 0.717) is 11.5 Å². The quantitative estimate of drug-likeness (QED) is 0.656. The molecule has 0 atom stereocenters. The zero-order chi connectivity index (χ0) is 13.7. The third kappa shape index (κ3) is 3.75. The summed E-state index contributed by atoms with van der Waals surface area (Å²) in [7, 11) is 0. The number of nitro groups is 1. The molecule has 0 spiro atoms. The molecule has 19 heavy (non-hydrogen) atoms. The summed E-state index contributed by atoms with van der Waals surface area (Å²) in [5.74, 6) is 0.394. The lowest BCUT2D eigenvalue weighted by Crippen LogP contribution is -2.23. The molecule has 0 radical (unpaired) electrons. The lowest BCUT2D eigenvalue weighted by Gasteiger charge is -2.27. The Kier molecular flexibility index (Phi) is 4.87. The smallest absolute Gasteiger partial charge is 0.274 e. The molecule has 0 unspecified atom stereocenters. The number of aliphatic hydroxyl groups is 1. The number of hydrogen-bond acceptors (Lipinski definition) is 4. The van der Waals surface area contributed by atoms with Crippen LogP contribution in [0, 0.1) is 16.0 Å². The molecule has 104 valence electrons. The Hall–Kier alpha value is -1.46. The average molecular weight is 265 g/mol. The van der Waals surface area contributed by atoms with E-state index in [0.717, 1.165) is 25.7 Å². The van der Waals surface area contributed by atoms with Gasteiger partial charge < -0.3 is 9.84 Å². The first-order valence-corrected chi connectivity index (χ1v) is 6.65. The third-order valence-corrected chi connectivity index (χ3v) is 3.71. The van der Waals surface area contributed by atoms with Gasteiger partial charge >= 0.3 is 0 Å². The number of para-hydroxylation sites is 1. The van der Waals surface area contributed by atoms with Crippen molar-refractivity contribution in [2.45, 2.75) is 38.4 Å². The van der Waals surface area contributed by atoms with Gasteiger partial charge in [-0.2, -0.15) is 0 Å². The second kappa shape index (κ2) is 6.63.